The van der Waals surface area contributed by atoms with Gasteiger partial charge in [-0.15, -0.1) is 0 Å². The Morgan fingerprint density at radius 1 is 1.20 bits per heavy atom. The second-order valence-electron chi connectivity index (χ2n) is 5.53. The highest BCUT2D eigenvalue weighted by atomic mass is 19.1. The summed E-state index contributed by atoms with van der Waals surface area (Å²) >= 11 is 0. The smallest absolute Gasteiger partial charge is 0.341 e. The molecule has 0 bridgehead atoms. The Bertz CT molecular complexity index is 853. The molecule has 0 radical (unpaired) electrons. The highest BCUT2D eigenvalue weighted by Gasteiger charge is 2.22. The standard InChI is InChI=1S/C18H18FNO5/c1-9-16(11(3)21)10(2)20-17(9)15(22)8-25-18(23)13-6-5-12(24-4)7-14(13)19/h5-7,20H,8H2,1-4H3. The number of halogens is 1. The first kappa shape index (κ1) is 18.4. The lowest BCUT2D eigenvalue weighted by molar-refractivity contribution is 0.0468. The maximum Gasteiger partial charge on any atom is 0.341 e. The van der Waals surface area contributed by atoms with Crippen LogP contribution in [0, 0.1) is 19.7 Å². The first-order chi connectivity index (χ1) is 11.8. The van der Waals surface area contributed by atoms with Gasteiger partial charge in [0.15, 0.2) is 12.4 Å². The quantitative estimate of drug-likeness (QED) is 0.641. The Morgan fingerprint density at radius 2 is 1.88 bits per heavy atom. The van der Waals surface area contributed by atoms with Gasteiger partial charge in [0.2, 0.25) is 5.78 Å². The molecule has 1 aromatic carbocycles. The van der Waals surface area contributed by atoms with Crippen LogP contribution in [0.15, 0.2) is 18.2 Å². The Balaban J connectivity index is 2.11. The van der Waals surface area contributed by atoms with E-state index in [0.29, 0.717) is 16.8 Å². The molecule has 2 rings (SSSR count). The molecular formula is C18H18FNO5. The van der Waals surface area contributed by atoms with Gasteiger partial charge < -0.3 is 14.5 Å². The van der Waals surface area contributed by atoms with Gasteiger partial charge in [0.05, 0.1) is 18.4 Å². The molecule has 0 aliphatic heterocycles. The number of ketones is 2. The number of carbonyl (C=O) groups excluding carboxylic acids is 3. The van der Waals surface area contributed by atoms with Crippen LogP contribution in [0.3, 0.4) is 0 Å². The molecule has 6 nitrogen and oxygen atoms in total. The molecule has 0 saturated carbocycles. The number of carbonyl (C=O) groups is 3. The van der Waals surface area contributed by atoms with Crippen molar-refractivity contribution in [2.24, 2.45) is 0 Å². The lowest BCUT2D eigenvalue weighted by atomic mass is 10.1. The number of hydrogen-bond donors (Lipinski definition) is 1. The molecule has 0 amide bonds. The van der Waals surface area contributed by atoms with Crippen molar-refractivity contribution < 1.29 is 28.2 Å². The zero-order chi connectivity index (χ0) is 18.7. The van der Waals surface area contributed by atoms with E-state index in [-0.39, 0.29) is 22.8 Å². The number of esters is 1. The van der Waals surface area contributed by atoms with Crippen molar-refractivity contribution in [3.8, 4) is 5.75 Å². The number of rotatable bonds is 6. The van der Waals surface area contributed by atoms with E-state index in [1.165, 1.54) is 26.2 Å². The van der Waals surface area contributed by atoms with Crippen molar-refractivity contribution in [1.82, 2.24) is 4.98 Å². The largest absolute Gasteiger partial charge is 0.497 e. The second kappa shape index (κ2) is 7.29. The molecule has 0 unspecified atom stereocenters. The molecule has 1 aromatic heterocycles. The van der Waals surface area contributed by atoms with Crippen LogP contribution in [0.2, 0.25) is 0 Å². The topological polar surface area (TPSA) is 85.5 Å². The third kappa shape index (κ3) is 3.76. The monoisotopic (exact) mass is 347 g/mol. The van der Waals surface area contributed by atoms with Crippen molar-refractivity contribution in [3.63, 3.8) is 0 Å². The van der Waals surface area contributed by atoms with Crippen LogP contribution in [-0.4, -0.2) is 36.2 Å². The zero-order valence-electron chi connectivity index (χ0n) is 14.4. The Kier molecular flexibility index (Phi) is 5.36. The molecule has 1 N–H and O–H groups in total. The molecular weight excluding hydrogens is 329 g/mol. The first-order valence-electron chi connectivity index (χ1n) is 7.50. The van der Waals surface area contributed by atoms with Crippen molar-refractivity contribution in [3.05, 3.63) is 52.1 Å². The van der Waals surface area contributed by atoms with Crippen molar-refractivity contribution in [1.29, 1.82) is 0 Å². The van der Waals surface area contributed by atoms with Gasteiger partial charge in [-0.3, -0.25) is 9.59 Å². The van der Waals surface area contributed by atoms with E-state index >= 15 is 0 Å². The molecule has 1 heterocycles. The van der Waals surface area contributed by atoms with Gasteiger partial charge in [0.25, 0.3) is 0 Å². The number of H-pyrrole nitrogens is 1. The number of hydrogen-bond acceptors (Lipinski definition) is 5. The lowest BCUT2D eigenvalue weighted by Crippen LogP contribution is -2.16. The predicted octanol–water partition coefficient (Wildman–Crippen LogP) is 3.02. The number of aromatic amines is 1. The van der Waals surface area contributed by atoms with Gasteiger partial charge >= 0.3 is 5.97 Å². The minimum Gasteiger partial charge on any atom is -0.497 e. The minimum absolute atomic E-state index is 0.164. The van der Waals surface area contributed by atoms with Gasteiger partial charge in [-0.1, -0.05) is 0 Å². The number of nitrogens with one attached hydrogen (secondary N) is 1. The Morgan fingerprint density at radius 3 is 2.40 bits per heavy atom. The van der Waals surface area contributed by atoms with Crippen LogP contribution in [0.4, 0.5) is 4.39 Å². The molecule has 132 valence electrons. The molecule has 7 heteroatoms. The molecule has 0 fully saturated rings. The summed E-state index contributed by atoms with van der Waals surface area (Å²) in [5, 5.41) is 0. The van der Waals surface area contributed by atoms with Gasteiger partial charge in [0, 0.05) is 17.3 Å². The molecule has 0 aliphatic rings. The van der Waals surface area contributed by atoms with Crippen LogP contribution >= 0.6 is 0 Å². The molecule has 0 atom stereocenters. The van der Waals surface area contributed by atoms with E-state index in [0.717, 1.165) is 6.07 Å². The lowest BCUT2D eigenvalue weighted by Gasteiger charge is -2.06. The van der Waals surface area contributed by atoms with E-state index in [1.54, 1.807) is 13.8 Å². The van der Waals surface area contributed by atoms with Gasteiger partial charge in [-0.05, 0) is 38.5 Å². The Labute approximate surface area is 143 Å². The molecule has 2 aromatic rings. The van der Waals surface area contributed by atoms with Crippen LogP contribution in [-0.2, 0) is 4.74 Å². The van der Waals surface area contributed by atoms with E-state index in [1.807, 2.05) is 0 Å². The predicted molar refractivity (Wildman–Crippen MR) is 87.8 cm³/mol. The minimum atomic E-state index is -0.957. The summed E-state index contributed by atoms with van der Waals surface area (Å²) in [6.07, 6.45) is 0. The summed E-state index contributed by atoms with van der Waals surface area (Å²) in [6, 6.07) is 3.69. The summed E-state index contributed by atoms with van der Waals surface area (Å²) in [5.74, 6) is -2.17. The zero-order valence-corrected chi connectivity index (χ0v) is 14.4. The summed E-state index contributed by atoms with van der Waals surface area (Å²) in [6.45, 7) is 4.16. The highest BCUT2D eigenvalue weighted by molar-refractivity contribution is 6.04. The van der Waals surface area contributed by atoms with Crippen molar-refractivity contribution >= 4 is 17.5 Å². The first-order valence-corrected chi connectivity index (χ1v) is 7.50. The van der Waals surface area contributed by atoms with Crippen LogP contribution < -0.4 is 4.74 Å². The summed E-state index contributed by atoms with van der Waals surface area (Å²) in [5.41, 5.74) is 1.42. The average Bonchev–Trinajstić information content (AvgIpc) is 2.86. The molecule has 0 aliphatic carbocycles. The molecule has 25 heavy (non-hydrogen) atoms. The fourth-order valence-electron chi connectivity index (χ4n) is 2.63. The summed E-state index contributed by atoms with van der Waals surface area (Å²) in [7, 11) is 1.38. The maximum absolute atomic E-state index is 13.8. The van der Waals surface area contributed by atoms with Crippen LogP contribution in [0.1, 0.15) is 49.4 Å². The average molecular weight is 347 g/mol. The normalized spacial score (nSPS) is 10.4. The third-order valence-corrected chi connectivity index (χ3v) is 3.80. The fraction of sp³-hybridized carbons (Fsp3) is 0.278. The highest BCUT2D eigenvalue weighted by Crippen LogP contribution is 2.20. The second-order valence-corrected chi connectivity index (χ2v) is 5.53. The maximum atomic E-state index is 13.8. The van der Waals surface area contributed by atoms with E-state index < -0.39 is 24.2 Å². The van der Waals surface area contributed by atoms with E-state index in [2.05, 4.69) is 4.98 Å². The number of aromatic nitrogens is 1. The SMILES string of the molecule is COc1ccc(C(=O)OCC(=O)c2[nH]c(C)c(C(C)=O)c2C)c(F)c1. The van der Waals surface area contributed by atoms with E-state index in [9.17, 15) is 18.8 Å². The number of methoxy groups -OCH3 is 1. The number of benzene rings is 1. The summed E-state index contributed by atoms with van der Waals surface area (Å²) in [4.78, 5) is 38.6. The number of ether oxygens (including phenoxy) is 2. The number of aryl methyl sites for hydroxylation is 1. The molecule has 0 saturated heterocycles. The Hall–Kier alpha value is -2.96. The van der Waals surface area contributed by atoms with Gasteiger partial charge in [0.1, 0.15) is 11.6 Å². The third-order valence-electron chi connectivity index (χ3n) is 3.80. The van der Waals surface area contributed by atoms with Crippen LogP contribution in [0.5, 0.6) is 5.75 Å². The number of Topliss-reactive ketones (excluding diaryl/α,β-unsaturated/α-hetero) is 2. The molecule has 0 spiro atoms. The van der Waals surface area contributed by atoms with Gasteiger partial charge in [-0.25, -0.2) is 9.18 Å². The fourth-order valence-corrected chi connectivity index (χ4v) is 2.63. The summed E-state index contributed by atoms with van der Waals surface area (Å²) < 4.78 is 23.6. The van der Waals surface area contributed by atoms with Crippen molar-refractivity contribution in [2.75, 3.05) is 13.7 Å². The van der Waals surface area contributed by atoms with Gasteiger partial charge in [-0.2, -0.15) is 0 Å². The van der Waals surface area contributed by atoms with Crippen LogP contribution in [0.25, 0.3) is 0 Å². The van der Waals surface area contributed by atoms with E-state index in [4.69, 9.17) is 9.47 Å². The van der Waals surface area contributed by atoms with Crippen molar-refractivity contribution in [2.45, 2.75) is 20.8 Å².